The van der Waals surface area contributed by atoms with Crippen molar-refractivity contribution in [1.29, 1.82) is 0 Å². The van der Waals surface area contributed by atoms with E-state index in [1.165, 1.54) is 11.8 Å². The normalized spacial score (nSPS) is 10.6. The van der Waals surface area contributed by atoms with Crippen LogP contribution < -0.4 is 14.8 Å². The van der Waals surface area contributed by atoms with Gasteiger partial charge in [0.05, 0.1) is 25.7 Å². The fourth-order valence-corrected chi connectivity index (χ4v) is 4.05. The van der Waals surface area contributed by atoms with Gasteiger partial charge in [-0.2, -0.15) is 0 Å². The Morgan fingerprint density at radius 2 is 1.56 bits per heavy atom. The highest BCUT2D eigenvalue weighted by Gasteiger charge is 2.16. The summed E-state index contributed by atoms with van der Waals surface area (Å²) >= 11 is 1.39. The zero-order valence-corrected chi connectivity index (χ0v) is 18.6. The minimum atomic E-state index is -0.134. The number of methoxy groups -OCH3 is 2. The van der Waals surface area contributed by atoms with Gasteiger partial charge in [-0.05, 0) is 12.1 Å². The van der Waals surface area contributed by atoms with Crippen LogP contribution in [0.2, 0.25) is 0 Å². The summed E-state index contributed by atoms with van der Waals surface area (Å²) < 4.78 is 10.5. The number of anilines is 1. The molecule has 0 aliphatic carbocycles. The molecule has 4 rings (SSSR count). The van der Waals surface area contributed by atoms with Gasteiger partial charge < -0.3 is 19.8 Å². The Morgan fingerprint density at radius 3 is 2.22 bits per heavy atom. The Kier molecular flexibility index (Phi) is 6.77. The lowest BCUT2D eigenvalue weighted by molar-refractivity contribution is -0.113. The van der Waals surface area contributed by atoms with E-state index in [-0.39, 0.29) is 11.7 Å². The number of thioether (sulfide) groups is 1. The molecule has 0 saturated carbocycles. The predicted octanol–water partition coefficient (Wildman–Crippen LogP) is 5.49. The molecule has 0 spiro atoms. The maximum Gasteiger partial charge on any atom is 0.234 e. The molecule has 0 radical (unpaired) electrons. The van der Waals surface area contributed by atoms with Crippen LogP contribution in [0.4, 0.5) is 5.69 Å². The van der Waals surface area contributed by atoms with Crippen LogP contribution in [0.5, 0.6) is 11.5 Å². The highest BCUT2D eigenvalue weighted by Crippen LogP contribution is 2.33. The predicted molar refractivity (Wildman–Crippen MR) is 128 cm³/mol. The Bertz CT molecular complexity index is 1190. The summed E-state index contributed by atoms with van der Waals surface area (Å²) in [5.74, 6) is 2.02. The van der Waals surface area contributed by atoms with Crippen LogP contribution in [0.3, 0.4) is 0 Å². The van der Waals surface area contributed by atoms with Crippen molar-refractivity contribution in [3.63, 3.8) is 0 Å². The first kappa shape index (κ1) is 21.5. The molecule has 0 atom stereocenters. The number of carbonyl (C=O) groups is 1. The number of nitrogens with zero attached hydrogens (tertiary/aromatic N) is 1. The molecular formula is C25H23N3O3S. The van der Waals surface area contributed by atoms with Crippen molar-refractivity contribution in [3.05, 3.63) is 78.9 Å². The van der Waals surface area contributed by atoms with Crippen LogP contribution in [0.15, 0.2) is 83.9 Å². The van der Waals surface area contributed by atoms with Crippen molar-refractivity contribution in [2.24, 2.45) is 0 Å². The Balaban J connectivity index is 1.52. The SMILES string of the molecule is COc1ccc(NC(=O)CSc2nc(-c3ccccc3)[nH]c2-c2ccccc2)cc1OC. The molecular weight excluding hydrogens is 422 g/mol. The van der Waals surface area contributed by atoms with Gasteiger partial charge >= 0.3 is 0 Å². The van der Waals surface area contributed by atoms with E-state index in [1.807, 2.05) is 60.7 Å². The summed E-state index contributed by atoms with van der Waals surface area (Å²) in [4.78, 5) is 20.8. The van der Waals surface area contributed by atoms with Gasteiger partial charge in [0.1, 0.15) is 10.9 Å². The van der Waals surface area contributed by atoms with E-state index in [1.54, 1.807) is 32.4 Å². The number of nitrogens with one attached hydrogen (secondary N) is 2. The molecule has 0 bridgehead atoms. The lowest BCUT2D eigenvalue weighted by Gasteiger charge is -2.10. The fraction of sp³-hybridized carbons (Fsp3) is 0.120. The number of imidazole rings is 1. The Labute approximate surface area is 191 Å². The first-order valence-corrected chi connectivity index (χ1v) is 11.0. The number of carbonyl (C=O) groups excluding carboxylic acids is 1. The van der Waals surface area contributed by atoms with Gasteiger partial charge in [-0.25, -0.2) is 4.98 Å². The highest BCUT2D eigenvalue weighted by molar-refractivity contribution is 8.00. The molecule has 7 heteroatoms. The third kappa shape index (κ3) is 4.95. The molecule has 0 saturated heterocycles. The third-order valence-electron chi connectivity index (χ3n) is 4.79. The monoisotopic (exact) mass is 445 g/mol. The molecule has 6 nitrogen and oxygen atoms in total. The van der Waals surface area contributed by atoms with Gasteiger partial charge in [-0.1, -0.05) is 72.4 Å². The zero-order valence-electron chi connectivity index (χ0n) is 17.8. The van der Waals surface area contributed by atoms with Gasteiger partial charge in [0.25, 0.3) is 0 Å². The maximum atomic E-state index is 12.6. The average molecular weight is 446 g/mol. The Morgan fingerprint density at radius 1 is 0.906 bits per heavy atom. The van der Waals surface area contributed by atoms with E-state index in [2.05, 4.69) is 10.3 Å². The van der Waals surface area contributed by atoms with Crippen molar-refractivity contribution in [3.8, 4) is 34.1 Å². The van der Waals surface area contributed by atoms with E-state index in [4.69, 9.17) is 14.5 Å². The first-order chi connectivity index (χ1) is 15.7. The van der Waals surface area contributed by atoms with Crippen molar-refractivity contribution in [2.45, 2.75) is 5.03 Å². The standard InChI is InChI=1S/C25H23N3O3S/c1-30-20-14-13-19(15-21(20)31-2)26-22(29)16-32-25-23(17-9-5-3-6-10-17)27-24(28-25)18-11-7-4-8-12-18/h3-15H,16H2,1-2H3,(H,26,29)(H,27,28). The molecule has 0 aliphatic heterocycles. The van der Waals surface area contributed by atoms with Crippen LogP contribution >= 0.6 is 11.8 Å². The molecule has 3 aromatic carbocycles. The zero-order chi connectivity index (χ0) is 22.3. The van der Waals surface area contributed by atoms with E-state index in [0.29, 0.717) is 17.2 Å². The van der Waals surface area contributed by atoms with Gasteiger partial charge in [0.15, 0.2) is 11.5 Å². The molecule has 32 heavy (non-hydrogen) atoms. The molecule has 2 N–H and O–H groups in total. The molecule has 0 fully saturated rings. The summed E-state index contributed by atoms with van der Waals surface area (Å²) in [6.45, 7) is 0. The molecule has 4 aromatic rings. The molecule has 0 aliphatic rings. The number of ether oxygens (including phenoxy) is 2. The lowest BCUT2D eigenvalue weighted by atomic mass is 10.2. The van der Waals surface area contributed by atoms with Crippen LogP contribution in [0, 0.1) is 0 Å². The first-order valence-electron chi connectivity index (χ1n) is 10.0. The third-order valence-corrected chi connectivity index (χ3v) is 5.76. The molecule has 1 amide bonds. The van der Waals surface area contributed by atoms with Crippen LogP contribution in [-0.2, 0) is 4.79 Å². The van der Waals surface area contributed by atoms with Gasteiger partial charge in [0, 0.05) is 22.9 Å². The number of hydrogen-bond donors (Lipinski definition) is 2. The van der Waals surface area contributed by atoms with Crippen molar-refractivity contribution in [1.82, 2.24) is 9.97 Å². The van der Waals surface area contributed by atoms with Gasteiger partial charge in [0.2, 0.25) is 5.91 Å². The van der Waals surface area contributed by atoms with E-state index in [9.17, 15) is 4.79 Å². The summed E-state index contributed by atoms with van der Waals surface area (Å²) in [6.07, 6.45) is 0. The quantitative estimate of drug-likeness (QED) is 0.351. The molecule has 0 unspecified atom stereocenters. The summed E-state index contributed by atoms with van der Waals surface area (Å²) in [5, 5.41) is 3.68. The smallest absolute Gasteiger partial charge is 0.234 e. The van der Waals surface area contributed by atoms with E-state index in [0.717, 1.165) is 27.7 Å². The van der Waals surface area contributed by atoms with Crippen molar-refractivity contribution < 1.29 is 14.3 Å². The average Bonchev–Trinajstić information content (AvgIpc) is 3.28. The highest BCUT2D eigenvalue weighted by atomic mass is 32.2. The largest absolute Gasteiger partial charge is 0.493 e. The van der Waals surface area contributed by atoms with Crippen molar-refractivity contribution in [2.75, 3.05) is 25.3 Å². The van der Waals surface area contributed by atoms with Crippen LogP contribution in [0.1, 0.15) is 0 Å². The van der Waals surface area contributed by atoms with Gasteiger partial charge in [-0.15, -0.1) is 0 Å². The number of H-pyrrole nitrogens is 1. The van der Waals surface area contributed by atoms with E-state index >= 15 is 0 Å². The summed E-state index contributed by atoms with van der Waals surface area (Å²) in [5.41, 5.74) is 3.55. The minimum absolute atomic E-state index is 0.134. The second-order valence-corrected chi connectivity index (χ2v) is 7.87. The number of benzene rings is 3. The number of amides is 1. The number of aromatic amines is 1. The second kappa shape index (κ2) is 10.1. The fourth-order valence-electron chi connectivity index (χ4n) is 3.24. The Hall–Kier alpha value is -3.71. The second-order valence-electron chi connectivity index (χ2n) is 6.90. The summed E-state index contributed by atoms with van der Waals surface area (Å²) in [6, 6.07) is 25.2. The van der Waals surface area contributed by atoms with Crippen LogP contribution in [0.25, 0.3) is 22.6 Å². The number of aromatic nitrogens is 2. The van der Waals surface area contributed by atoms with Crippen LogP contribution in [-0.4, -0.2) is 35.8 Å². The maximum absolute atomic E-state index is 12.6. The topological polar surface area (TPSA) is 76.2 Å². The minimum Gasteiger partial charge on any atom is -0.493 e. The summed E-state index contributed by atoms with van der Waals surface area (Å²) in [7, 11) is 3.14. The molecule has 1 heterocycles. The number of rotatable bonds is 8. The van der Waals surface area contributed by atoms with Crippen molar-refractivity contribution >= 4 is 23.4 Å². The molecule has 162 valence electrons. The molecule has 1 aromatic heterocycles. The number of hydrogen-bond acceptors (Lipinski definition) is 5. The van der Waals surface area contributed by atoms with E-state index < -0.39 is 0 Å². The van der Waals surface area contributed by atoms with Gasteiger partial charge in [-0.3, -0.25) is 4.79 Å². The lowest BCUT2D eigenvalue weighted by Crippen LogP contribution is -2.14.